The molecule has 0 heterocycles. The van der Waals surface area contributed by atoms with Crippen LogP contribution in [0.1, 0.15) is 46.5 Å². The van der Waals surface area contributed by atoms with Crippen LogP contribution in [-0.4, -0.2) is 31.2 Å². The van der Waals surface area contributed by atoms with E-state index in [0.29, 0.717) is 19.5 Å². The van der Waals surface area contributed by atoms with Gasteiger partial charge in [0.2, 0.25) is 5.91 Å². The SMILES string of the molecule is CC(C)(C)C(=O)NCCN[C@H]1CCC[C@@H](C(F)(F)F)C1. The molecule has 1 aliphatic rings. The van der Waals surface area contributed by atoms with E-state index >= 15 is 0 Å². The monoisotopic (exact) mass is 294 g/mol. The van der Waals surface area contributed by atoms with Gasteiger partial charge < -0.3 is 10.6 Å². The smallest absolute Gasteiger partial charge is 0.354 e. The fourth-order valence-corrected chi connectivity index (χ4v) is 2.39. The lowest BCUT2D eigenvalue weighted by Crippen LogP contribution is -2.43. The van der Waals surface area contributed by atoms with Gasteiger partial charge in [0.25, 0.3) is 0 Å². The number of nitrogens with one attached hydrogen (secondary N) is 2. The predicted octanol–water partition coefficient (Wildman–Crippen LogP) is 2.86. The molecule has 0 aromatic rings. The molecule has 118 valence electrons. The summed E-state index contributed by atoms with van der Waals surface area (Å²) in [6.07, 6.45) is -2.31. The third-order valence-corrected chi connectivity index (χ3v) is 3.66. The number of alkyl halides is 3. The van der Waals surface area contributed by atoms with Crippen molar-refractivity contribution < 1.29 is 18.0 Å². The largest absolute Gasteiger partial charge is 0.391 e. The third kappa shape index (κ3) is 5.69. The highest BCUT2D eigenvalue weighted by Crippen LogP contribution is 2.37. The van der Waals surface area contributed by atoms with Gasteiger partial charge in [0.05, 0.1) is 5.92 Å². The highest BCUT2D eigenvalue weighted by molar-refractivity contribution is 5.81. The summed E-state index contributed by atoms with van der Waals surface area (Å²) in [6, 6.07) is -0.0955. The number of hydrogen-bond donors (Lipinski definition) is 2. The van der Waals surface area contributed by atoms with Crippen LogP contribution in [0.15, 0.2) is 0 Å². The number of carbonyl (C=O) groups excluding carboxylic acids is 1. The van der Waals surface area contributed by atoms with Crippen LogP contribution in [0.25, 0.3) is 0 Å². The van der Waals surface area contributed by atoms with Gasteiger partial charge in [0.15, 0.2) is 0 Å². The van der Waals surface area contributed by atoms with Crippen LogP contribution in [0, 0.1) is 11.3 Å². The molecule has 2 atom stereocenters. The van der Waals surface area contributed by atoms with E-state index in [4.69, 9.17) is 0 Å². The van der Waals surface area contributed by atoms with E-state index < -0.39 is 17.5 Å². The Hall–Kier alpha value is -0.780. The van der Waals surface area contributed by atoms with E-state index in [0.717, 1.165) is 6.42 Å². The Kier molecular flexibility index (Phi) is 5.86. The number of rotatable bonds is 4. The van der Waals surface area contributed by atoms with Crippen molar-refractivity contribution >= 4 is 5.91 Å². The van der Waals surface area contributed by atoms with Gasteiger partial charge in [0.1, 0.15) is 0 Å². The summed E-state index contributed by atoms with van der Waals surface area (Å²) in [5.74, 6) is -1.23. The summed E-state index contributed by atoms with van der Waals surface area (Å²) < 4.78 is 38.0. The normalized spacial score (nSPS) is 24.5. The van der Waals surface area contributed by atoms with Gasteiger partial charge in [0, 0.05) is 24.5 Å². The van der Waals surface area contributed by atoms with E-state index in [1.165, 1.54) is 0 Å². The fourth-order valence-electron chi connectivity index (χ4n) is 2.39. The Morgan fingerprint density at radius 1 is 1.15 bits per heavy atom. The molecule has 1 amide bonds. The maximum atomic E-state index is 12.7. The van der Waals surface area contributed by atoms with Crippen molar-refractivity contribution in [2.75, 3.05) is 13.1 Å². The Morgan fingerprint density at radius 2 is 1.80 bits per heavy atom. The fraction of sp³-hybridized carbons (Fsp3) is 0.929. The van der Waals surface area contributed by atoms with Crippen LogP contribution in [0.4, 0.5) is 13.2 Å². The van der Waals surface area contributed by atoms with E-state index in [9.17, 15) is 18.0 Å². The lowest BCUT2D eigenvalue weighted by atomic mass is 9.85. The quantitative estimate of drug-likeness (QED) is 0.783. The molecule has 1 rings (SSSR count). The predicted molar refractivity (Wildman–Crippen MR) is 72.3 cm³/mol. The molecule has 3 nitrogen and oxygen atoms in total. The molecule has 6 heteroatoms. The minimum atomic E-state index is -4.08. The van der Waals surface area contributed by atoms with E-state index in [2.05, 4.69) is 10.6 Å². The van der Waals surface area contributed by atoms with E-state index in [1.807, 2.05) is 20.8 Å². The first-order valence-corrected chi connectivity index (χ1v) is 7.19. The van der Waals surface area contributed by atoms with Crippen LogP contribution in [-0.2, 0) is 4.79 Å². The van der Waals surface area contributed by atoms with Crippen LogP contribution in [0.3, 0.4) is 0 Å². The van der Waals surface area contributed by atoms with Gasteiger partial charge in [-0.05, 0) is 19.3 Å². The molecule has 1 fully saturated rings. The Balaban J connectivity index is 2.24. The molecule has 1 aliphatic carbocycles. The maximum Gasteiger partial charge on any atom is 0.391 e. The Labute approximate surface area is 118 Å². The highest BCUT2D eigenvalue weighted by Gasteiger charge is 2.41. The molecule has 1 saturated carbocycles. The zero-order valence-electron chi connectivity index (χ0n) is 12.4. The number of halogens is 3. The summed E-state index contributed by atoms with van der Waals surface area (Å²) in [4.78, 5) is 11.6. The average molecular weight is 294 g/mol. The first kappa shape index (κ1) is 17.3. The third-order valence-electron chi connectivity index (χ3n) is 3.66. The van der Waals surface area contributed by atoms with E-state index in [1.54, 1.807) is 0 Å². The van der Waals surface area contributed by atoms with Crippen molar-refractivity contribution in [2.45, 2.75) is 58.7 Å². The molecule has 0 aliphatic heterocycles. The highest BCUT2D eigenvalue weighted by atomic mass is 19.4. The van der Waals surface area contributed by atoms with E-state index in [-0.39, 0.29) is 24.8 Å². The van der Waals surface area contributed by atoms with Crippen LogP contribution in [0.5, 0.6) is 0 Å². The zero-order chi connectivity index (χ0) is 15.4. The second-order valence-electron chi connectivity index (χ2n) is 6.56. The van der Waals surface area contributed by atoms with Crippen molar-refractivity contribution in [1.29, 1.82) is 0 Å². The molecule has 0 aromatic carbocycles. The summed E-state index contributed by atoms with van der Waals surface area (Å²) in [7, 11) is 0. The van der Waals surface area contributed by atoms with Crippen molar-refractivity contribution in [3.05, 3.63) is 0 Å². The molecule has 0 bridgehead atoms. The summed E-state index contributed by atoms with van der Waals surface area (Å²) in [5.41, 5.74) is -0.438. The molecule has 0 aromatic heterocycles. The van der Waals surface area contributed by atoms with Crippen molar-refractivity contribution in [3.63, 3.8) is 0 Å². The van der Waals surface area contributed by atoms with Gasteiger partial charge in [-0.2, -0.15) is 13.2 Å². The van der Waals surface area contributed by atoms with Crippen molar-refractivity contribution in [3.8, 4) is 0 Å². The minimum Gasteiger partial charge on any atom is -0.354 e. The number of carbonyl (C=O) groups is 1. The Bertz CT molecular complexity index is 323. The lowest BCUT2D eigenvalue weighted by molar-refractivity contribution is -0.183. The second-order valence-corrected chi connectivity index (χ2v) is 6.56. The van der Waals surface area contributed by atoms with Crippen LogP contribution < -0.4 is 10.6 Å². The molecule has 0 saturated heterocycles. The molecule has 0 unspecified atom stereocenters. The first-order valence-electron chi connectivity index (χ1n) is 7.19. The first-order chi connectivity index (χ1) is 9.10. The standard InChI is InChI=1S/C14H25F3N2O/c1-13(2,3)12(20)19-8-7-18-11-6-4-5-10(9-11)14(15,16)17/h10-11,18H,4-9H2,1-3H3,(H,19,20)/t10-,11+/m1/s1. The van der Waals surface area contributed by atoms with Crippen LogP contribution in [0.2, 0.25) is 0 Å². The van der Waals surface area contributed by atoms with Gasteiger partial charge in [-0.1, -0.05) is 27.2 Å². The van der Waals surface area contributed by atoms with Gasteiger partial charge in [-0.25, -0.2) is 0 Å². The molecule has 20 heavy (non-hydrogen) atoms. The van der Waals surface area contributed by atoms with Gasteiger partial charge in [-0.3, -0.25) is 4.79 Å². The number of amides is 1. The summed E-state index contributed by atoms with van der Waals surface area (Å²) >= 11 is 0. The van der Waals surface area contributed by atoms with Crippen molar-refractivity contribution in [1.82, 2.24) is 10.6 Å². The summed E-state index contributed by atoms with van der Waals surface area (Å²) in [6.45, 7) is 6.43. The lowest BCUT2D eigenvalue weighted by Gasteiger charge is -2.31. The van der Waals surface area contributed by atoms with Crippen LogP contribution >= 0.6 is 0 Å². The van der Waals surface area contributed by atoms with Crippen molar-refractivity contribution in [2.24, 2.45) is 11.3 Å². The van der Waals surface area contributed by atoms with Gasteiger partial charge in [-0.15, -0.1) is 0 Å². The molecule has 0 spiro atoms. The molecular formula is C14H25F3N2O. The Morgan fingerprint density at radius 3 is 2.35 bits per heavy atom. The topological polar surface area (TPSA) is 41.1 Å². The molecular weight excluding hydrogens is 269 g/mol. The average Bonchev–Trinajstić information content (AvgIpc) is 2.32. The minimum absolute atomic E-state index is 0.0453. The second kappa shape index (κ2) is 6.78. The molecule has 2 N–H and O–H groups in total. The maximum absolute atomic E-state index is 12.7. The number of hydrogen-bond acceptors (Lipinski definition) is 2. The zero-order valence-corrected chi connectivity index (χ0v) is 12.4. The molecule has 0 radical (unpaired) electrons. The summed E-state index contributed by atoms with van der Waals surface area (Å²) in [5, 5.41) is 5.90. The van der Waals surface area contributed by atoms with Gasteiger partial charge >= 0.3 is 6.18 Å².